The van der Waals surface area contributed by atoms with Crippen molar-refractivity contribution in [1.82, 2.24) is 15.1 Å². The van der Waals surface area contributed by atoms with Gasteiger partial charge in [0, 0.05) is 42.7 Å². The van der Waals surface area contributed by atoms with Gasteiger partial charge in [-0.15, -0.1) is 0 Å². The average Bonchev–Trinajstić information content (AvgIpc) is 3.17. The lowest BCUT2D eigenvalue weighted by Crippen LogP contribution is -2.56. The molecule has 0 saturated carbocycles. The second-order valence-electron chi connectivity index (χ2n) is 11.5. The van der Waals surface area contributed by atoms with Crippen molar-refractivity contribution in [3.8, 4) is 5.75 Å². The normalized spacial score (nSPS) is 25.1. The number of carbonyl (C=O) groups is 3. The number of nitrogens with one attached hydrogen (secondary N) is 1. The predicted octanol–water partition coefficient (Wildman–Crippen LogP) is 3.56. The predicted molar refractivity (Wildman–Crippen MR) is 138 cm³/mol. The fourth-order valence-corrected chi connectivity index (χ4v) is 5.80. The molecule has 0 aromatic heterocycles. The molecule has 202 valence electrons. The summed E-state index contributed by atoms with van der Waals surface area (Å²) < 4.78 is 35.8. The number of imide groups is 1. The number of ether oxygens (including phenoxy) is 2. The molecule has 2 fully saturated rings. The molecular weight excluding hydrogens is 489 g/mol. The number of rotatable bonds is 6. The van der Waals surface area contributed by atoms with Gasteiger partial charge in [0.25, 0.3) is 5.91 Å². The lowest BCUT2D eigenvalue weighted by molar-refractivity contribution is -0.182. The molecule has 2 saturated heterocycles. The van der Waals surface area contributed by atoms with Crippen molar-refractivity contribution in [3.63, 3.8) is 0 Å². The van der Waals surface area contributed by atoms with E-state index in [0.717, 1.165) is 23.6 Å². The fourth-order valence-electron chi connectivity index (χ4n) is 5.80. The van der Waals surface area contributed by atoms with Gasteiger partial charge in [0.2, 0.25) is 11.8 Å². The maximum absolute atomic E-state index is 15.1. The van der Waals surface area contributed by atoms with Crippen molar-refractivity contribution in [1.29, 1.82) is 0 Å². The zero-order valence-electron chi connectivity index (χ0n) is 23.2. The third-order valence-corrected chi connectivity index (χ3v) is 7.02. The van der Waals surface area contributed by atoms with Crippen molar-refractivity contribution in [2.24, 2.45) is 0 Å². The van der Waals surface area contributed by atoms with Crippen LogP contribution < -0.4 is 10.1 Å². The number of halogens is 1. The summed E-state index contributed by atoms with van der Waals surface area (Å²) in [5, 5.41) is 2.16. The molecule has 9 heteroatoms. The minimum absolute atomic E-state index is 0.0108. The monoisotopic (exact) mass is 524 g/mol. The first-order chi connectivity index (χ1) is 18.3. The van der Waals surface area contributed by atoms with Crippen LogP contribution in [0.2, 0.25) is 0 Å². The Morgan fingerprint density at radius 1 is 1.13 bits per heavy atom. The Morgan fingerprint density at radius 2 is 1.87 bits per heavy atom. The summed E-state index contributed by atoms with van der Waals surface area (Å²) in [6.07, 6.45) is -0.0976. The van der Waals surface area contributed by atoms with Crippen molar-refractivity contribution in [2.75, 3.05) is 13.1 Å². The van der Waals surface area contributed by atoms with Gasteiger partial charge < -0.3 is 14.4 Å². The summed E-state index contributed by atoms with van der Waals surface area (Å²) in [5.41, 5.74) is 1.51. The first-order valence-electron chi connectivity index (χ1n) is 13.4. The van der Waals surface area contributed by atoms with Gasteiger partial charge in [-0.25, -0.2) is 4.39 Å². The molecule has 3 heterocycles. The van der Waals surface area contributed by atoms with Crippen LogP contribution in [0.4, 0.5) is 4.39 Å². The average molecular weight is 525 g/mol. The molecule has 0 bridgehead atoms. The van der Waals surface area contributed by atoms with Gasteiger partial charge in [0.05, 0.1) is 19.1 Å². The Balaban J connectivity index is 1.27. The Labute approximate surface area is 223 Å². The largest absolute Gasteiger partial charge is 0.488 e. The van der Waals surface area contributed by atoms with E-state index in [1.807, 2.05) is 6.07 Å². The van der Waals surface area contributed by atoms with Gasteiger partial charge in [0.15, 0.2) is 0 Å². The molecule has 0 spiro atoms. The second kappa shape index (κ2) is 9.78. The second-order valence-corrected chi connectivity index (χ2v) is 11.5. The fraction of sp³-hybridized carbons (Fsp3) is 0.483. The number of piperidine rings is 1. The quantitative estimate of drug-likeness (QED) is 0.582. The SMILES string of the molecule is [2H]C1(N2Cc3c(OCc4ccc(CN5CC(C)(C)OC(C)(C)C5)cc4F)cccc3C2=O)CCC(=O)NC1=O. The number of morpholine rings is 1. The van der Waals surface area contributed by atoms with Crippen LogP contribution in [0.1, 0.15) is 69.0 Å². The van der Waals surface area contributed by atoms with Crippen LogP contribution in [0.25, 0.3) is 0 Å². The minimum atomic E-state index is -1.88. The minimum Gasteiger partial charge on any atom is -0.488 e. The molecular formula is C29H34FN3O5. The van der Waals surface area contributed by atoms with E-state index in [9.17, 15) is 14.4 Å². The van der Waals surface area contributed by atoms with Crippen LogP contribution in [0, 0.1) is 5.82 Å². The van der Waals surface area contributed by atoms with Crippen LogP contribution in [0.5, 0.6) is 5.75 Å². The van der Waals surface area contributed by atoms with Crippen LogP contribution in [0.3, 0.4) is 0 Å². The van der Waals surface area contributed by atoms with E-state index in [1.54, 1.807) is 24.3 Å². The smallest absolute Gasteiger partial charge is 0.255 e. The van der Waals surface area contributed by atoms with Gasteiger partial charge in [-0.3, -0.25) is 24.6 Å². The number of nitrogens with zero attached hydrogens (tertiary/aromatic N) is 2. The van der Waals surface area contributed by atoms with E-state index in [-0.39, 0.29) is 43.0 Å². The van der Waals surface area contributed by atoms with Crippen LogP contribution in [-0.4, -0.2) is 57.8 Å². The van der Waals surface area contributed by atoms with Crippen LogP contribution in [-0.2, 0) is 34.0 Å². The Bertz CT molecular complexity index is 1330. The molecule has 0 radical (unpaired) electrons. The standard InChI is InChI=1S/C29H34FN3O5/c1-28(2)16-32(17-29(3,4)38-28)13-18-8-9-19(22(30)12-18)15-37-24-7-5-6-20-21(24)14-33(27(20)36)23-10-11-25(34)31-26(23)35/h5-9,12,23H,10-11,13-17H2,1-4H3,(H,31,34,35)/i23D. The highest BCUT2D eigenvalue weighted by molar-refractivity contribution is 6.05. The number of hydrogen-bond acceptors (Lipinski definition) is 6. The molecule has 5 rings (SSSR count). The van der Waals surface area contributed by atoms with Gasteiger partial charge in [-0.1, -0.05) is 18.2 Å². The summed E-state index contributed by atoms with van der Waals surface area (Å²) >= 11 is 0. The van der Waals surface area contributed by atoms with Gasteiger partial charge in [-0.05, 0) is 57.9 Å². The Kier molecular flexibility index (Phi) is 6.44. The van der Waals surface area contributed by atoms with E-state index in [0.29, 0.717) is 29.0 Å². The van der Waals surface area contributed by atoms with Crippen LogP contribution in [0.15, 0.2) is 36.4 Å². The third-order valence-electron chi connectivity index (χ3n) is 7.02. The molecule has 0 aliphatic carbocycles. The summed E-state index contributed by atoms with van der Waals surface area (Å²) in [6, 6.07) is 8.21. The highest BCUT2D eigenvalue weighted by Gasteiger charge is 2.40. The maximum Gasteiger partial charge on any atom is 0.255 e. The number of benzene rings is 2. The maximum atomic E-state index is 15.1. The molecule has 3 aliphatic rings. The zero-order valence-corrected chi connectivity index (χ0v) is 22.2. The molecule has 3 aliphatic heterocycles. The van der Waals surface area contributed by atoms with E-state index >= 15 is 4.39 Å². The summed E-state index contributed by atoms with van der Waals surface area (Å²) in [6.45, 7) is 10.3. The lowest BCUT2D eigenvalue weighted by atomic mass is 9.98. The molecule has 2 aromatic carbocycles. The molecule has 8 nitrogen and oxygen atoms in total. The van der Waals surface area contributed by atoms with E-state index in [1.165, 1.54) is 6.07 Å². The van der Waals surface area contributed by atoms with E-state index in [2.05, 4.69) is 37.9 Å². The first-order valence-corrected chi connectivity index (χ1v) is 12.9. The van der Waals surface area contributed by atoms with Crippen molar-refractivity contribution < 1.29 is 29.6 Å². The molecule has 1 N–H and O–H groups in total. The number of carbonyl (C=O) groups excluding carboxylic acids is 3. The van der Waals surface area contributed by atoms with Gasteiger partial charge >= 0.3 is 0 Å². The van der Waals surface area contributed by atoms with Crippen LogP contribution >= 0.6 is 0 Å². The first kappa shape index (κ1) is 25.0. The van der Waals surface area contributed by atoms with Crippen molar-refractivity contribution >= 4 is 17.7 Å². The Morgan fingerprint density at radius 3 is 2.55 bits per heavy atom. The Hall–Kier alpha value is -3.30. The van der Waals surface area contributed by atoms with Gasteiger partial charge in [0.1, 0.15) is 24.2 Å². The number of fused-ring (bicyclic) bond motifs is 1. The third kappa shape index (κ3) is 5.44. The topological polar surface area (TPSA) is 88.2 Å². The summed E-state index contributed by atoms with van der Waals surface area (Å²) in [7, 11) is 0. The van der Waals surface area contributed by atoms with E-state index < -0.39 is 23.7 Å². The molecule has 2 aromatic rings. The highest BCUT2D eigenvalue weighted by atomic mass is 19.1. The molecule has 1 atom stereocenters. The summed E-state index contributed by atoms with van der Waals surface area (Å²) in [5.74, 6) is -1.73. The molecule has 3 amide bonds. The summed E-state index contributed by atoms with van der Waals surface area (Å²) in [4.78, 5) is 40.6. The highest BCUT2D eigenvalue weighted by Crippen LogP contribution is 2.34. The number of amides is 3. The van der Waals surface area contributed by atoms with Crippen molar-refractivity contribution in [2.45, 2.75) is 77.5 Å². The zero-order chi connectivity index (χ0) is 28.2. The van der Waals surface area contributed by atoms with Gasteiger partial charge in [-0.2, -0.15) is 0 Å². The molecule has 1 unspecified atom stereocenters. The molecule has 38 heavy (non-hydrogen) atoms. The lowest BCUT2D eigenvalue weighted by Gasteiger charge is -2.47. The van der Waals surface area contributed by atoms with Crippen molar-refractivity contribution in [3.05, 3.63) is 64.5 Å². The van der Waals surface area contributed by atoms with E-state index in [4.69, 9.17) is 10.8 Å². The number of hydrogen-bond donors (Lipinski definition) is 1.